The van der Waals surface area contributed by atoms with Gasteiger partial charge in [0.25, 0.3) is 0 Å². The first-order valence-electron chi connectivity index (χ1n) is 8.51. The van der Waals surface area contributed by atoms with Crippen molar-refractivity contribution < 1.29 is 9.59 Å². The first-order chi connectivity index (χ1) is 11.7. The maximum absolute atomic E-state index is 13.1. The summed E-state index contributed by atoms with van der Waals surface area (Å²) in [6.45, 7) is 1.97. The fourth-order valence-corrected chi connectivity index (χ4v) is 3.78. The SMILES string of the molecule is O=C1CC[C@@H](C(=O)N2CCn3cccc3[C@@H]2c2ccccc2)CN1. The zero-order valence-electron chi connectivity index (χ0n) is 13.5. The maximum atomic E-state index is 13.1. The van der Waals surface area contributed by atoms with Crippen LogP contribution in [0.1, 0.15) is 30.1 Å². The lowest BCUT2D eigenvalue weighted by Crippen LogP contribution is -2.49. The van der Waals surface area contributed by atoms with Crippen LogP contribution in [0.25, 0.3) is 0 Å². The molecule has 2 aliphatic rings. The summed E-state index contributed by atoms with van der Waals surface area (Å²) >= 11 is 0. The minimum absolute atomic E-state index is 0.0474. The van der Waals surface area contributed by atoms with Crippen LogP contribution in [-0.4, -0.2) is 34.4 Å². The summed E-state index contributed by atoms with van der Waals surface area (Å²) in [5, 5.41) is 2.83. The molecule has 3 heterocycles. The molecule has 1 N–H and O–H groups in total. The maximum Gasteiger partial charge on any atom is 0.228 e. The Kier molecular flexibility index (Phi) is 3.84. The molecular formula is C19H21N3O2. The Morgan fingerprint density at radius 1 is 1.08 bits per heavy atom. The van der Waals surface area contributed by atoms with E-state index in [2.05, 4.69) is 34.3 Å². The van der Waals surface area contributed by atoms with Crippen LogP contribution in [0.4, 0.5) is 0 Å². The van der Waals surface area contributed by atoms with Crippen molar-refractivity contribution in [3.8, 4) is 0 Å². The van der Waals surface area contributed by atoms with Crippen molar-refractivity contribution in [1.82, 2.24) is 14.8 Å². The van der Waals surface area contributed by atoms with E-state index in [1.165, 1.54) is 0 Å². The van der Waals surface area contributed by atoms with Crippen LogP contribution < -0.4 is 5.32 Å². The molecule has 0 bridgehead atoms. The molecule has 5 nitrogen and oxygen atoms in total. The standard InChI is InChI=1S/C19H21N3O2/c23-17-9-8-15(13-20-17)19(24)22-12-11-21-10-4-7-16(21)18(22)14-5-2-1-3-6-14/h1-7,10,15,18H,8-9,11-13H2,(H,20,23)/t15-,18+/m1/s1. The van der Waals surface area contributed by atoms with E-state index >= 15 is 0 Å². The van der Waals surface area contributed by atoms with E-state index in [1.54, 1.807) is 0 Å². The van der Waals surface area contributed by atoms with Crippen LogP contribution in [0.2, 0.25) is 0 Å². The zero-order chi connectivity index (χ0) is 16.5. The van der Waals surface area contributed by atoms with Gasteiger partial charge in [0.05, 0.1) is 12.0 Å². The lowest BCUT2D eigenvalue weighted by atomic mass is 9.94. The van der Waals surface area contributed by atoms with Gasteiger partial charge in [-0.3, -0.25) is 9.59 Å². The quantitative estimate of drug-likeness (QED) is 0.918. The summed E-state index contributed by atoms with van der Waals surface area (Å²) in [5.74, 6) is 0.0814. The predicted molar refractivity (Wildman–Crippen MR) is 90.2 cm³/mol. The number of nitrogens with zero attached hydrogens (tertiary/aromatic N) is 2. The van der Waals surface area contributed by atoms with Crippen molar-refractivity contribution in [2.75, 3.05) is 13.1 Å². The number of nitrogens with one attached hydrogen (secondary N) is 1. The molecule has 0 aliphatic carbocycles. The molecule has 2 aliphatic heterocycles. The molecule has 1 aromatic heterocycles. The van der Waals surface area contributed by atoms with E-state index in [-0.39, 0.29) is 23.8 Å². The molecule has 2 amide bonds. The highest BCUT2D eigenvalue weighted by atomic mass is 16.2. The van der Waals surface area contributed by atoms with Crippen molar-refractivity contribution in [2.24, 2.45) is 5.92 Å². The van der Waals surface area contributed by atoms with Crippen molar-refractivity contribution in [3.05, 3.63) is 59.9 Å². The summed E-state index contributed by atoms with van der Waals surface area (Å²) in [6.07, 6.45) is 3.16. The molecule has 124 valence electrons. The van der Waals surface area contributed by atoms with Crippen LogP contribution >= 0.6 is 0 Å². The van der Waals surface area contributed by atoms with Crippen molar-refractivity contribution in [2.45, 2.75) is 25.4 Å². The number of carbonyl (C=O) groups excluding carboxylic acids is 2. The van der Waals surface area contributed by atoms with Crippen LogP contribution in [0.3, 0.4) is 0 Å². The van der Waals surface area contributed by atoms with Crippen molar-refractivity contribution >= 4 is 11.8 Å². The molecule has 4 rings (SSSR count). The largest absolute Gasteiger partial charge is 0.355 e. The summed E-state index contributed by atoms with van der Waals surface area (Å²) < 4.78 is 2.23. The van der Waals surface area contributed by atoms with Crippen molar-refractivity contribution in [3.63, 3.8) is 0 Å². The van der Waals surface area contributed by atoms with Gasteiger partial charge in [-0.05, 0) is 24.1 Å². The van der Waals surface area contributed by atoms with E-state index in [4.69, 9.17) is 0 Å². The van der Waals surface area contributed by atoms with E-state index in [0.29, 0.717) is 25.9 Å². The van der Waals surface area contributed by atoms with Gasteiger partial charge in [-0.1, -0.05) is 30.3 Å². The molecular weight excluding hydrogens is 302 g/mol. The fraction of sp³-hybridized carbons (Fsp3) is 0.368. The fourth-order valence-electron chi connectivity index (χ4n) is 3.78. The third-order valence-electron chi connectivity index (χ3n) is 5.05. The van der Waals surface area contributed by atoms with Gasteiger partial charge in [-0.15, -0.1) is 0 Å². The predicted octanol–water partition coefficient (Wildman–Crippen LogP) is 1.95. The van der Waals surface area contributed by atoms with Gasteiger partial charge in [-0.25, -0.2) is 0 Å². The molecule has 0 spiro atoms. The number of benzene rings is 1. The summed E-state index contributed by atoms with van der Waals surface area (Å²) in [6, 6.07) is 14.3. The Morgan fingerprint density at radius 2 is 1.92 bits per heavy atom. The highest BCUT2D eigenvalue weighted by Crippen LogP contribution is 2.34. The topological polar surface area (TPSA) is 54.3 Å². The number of aromatic nitrogens is 1. The number of amides is 2. The molecule has 2 aromatic rings. The highest BCUT2D eigenvalue weighted by molar-refractivity contribution is 5.84. The number of hydrogen-bond acceptors (Lipinski definition) is 2. The third kappa shape index (κ3) is 2.60. The van der Waals surface area contributed by atoms with E-state index < -0.39 is 0 Å². The van der Waals surface area contributed by atoms with E-state index in [9.17, 15) is 9.59 Å². The Hall–Kier alpha value is -2.56. The molecule has 2 atom stereocenters. The van der Waals surface area contributed by atoms with Crippen LogP contribution in [0.5, 0.6) is 0 Å². The Bertz CT molecular complexity index is 743. The smallest absolute Gasteiger partial charge is 0.228 e. The number of hydrogen-bond donors (Lipinski definition) is 1. The normalized spacial score (nSPS) is 23.5. The van der Waals surface area contributed by atoms with E-state index in [0.717, 1.165) is 17.8 Å². The van der Waals surface area contributed by atoms with Crippen LogP contribution in [0, 0.1) is 5.92 Å². The Morgan fingerprint density at radius 3 is 2.67 bits per heavy atom. The first-order valence-corrected chi connectivity index (χ1v) is 8.51. The van der Waals surface area contributed by atoms with Gasteiger partial charge in [0.1, 0.15) is 0 Å². The molecule has 1 fully saturated rings. The van der Waals surface area contributed by atoms with Gasteiger partial charge in [0, 0.05) is 37.9 Å². The minimum atomic E-state index is -0.115. The molecule has 0 saturated carbocycles. The van der Waals surface area contributed by atoms with Gasteiger partial charge in [0.15, 0.2) is 0 Å². The number of rotatable bonds is 2. The number of piperidine rings is 1. The lowest BCUT2D eigenvalue weighted by molar-refractivity contribution is -0.140. The molecule has 5 heteroatoms. The van der Waals surface area contributed by atoms with Gasteiger partial charge in [0.2, 0.25) is 11.8 Å². The first kappa shape index (κ1) is 15.0. The van der Waals surface area contributed by atoms with Gasteiger partial charge < -0.3 is 14.8 Å². The number of carbonyl (C=O) groups is 2. The molecule has 1 aromatic carbocycles. The Balaban J connectivity index is 1.66. The monoisotopic (exact) mass is 323 g/mol. The van der Waals surface area contributed by atoms with Gasteiger partial charge in [-0.2, -0.15) is 0 Å². The highest BCUT2D eigenvalue weighted by Gasteiger charge is 2.36. The van der Waals surface area contributed by atoms with Crippen molar-refractivity contribution in [1.29, 1.82) is 0 Å². The Labute approximate surface area is 141 Å². The molecule has 1 saturated heterocycles. The average Bonchev–Trinajstić information content (AvgIpc) is 3.10. The van der Waals surface area contributed by atoms with Gasteiger partial charge >= 0.3 is 0 Å². The van der Waals surface area contributed by atoms with Crippen LogP contribution in [0.15, 0.2) is 48.7 Å². The minimum Gasteiger partial charge on any atom is -0.355 e. The van der Waals surface area contributed by atoms with Crippen LogP contribution in [-0.2, 0) is 16.1 Å². The summed E-state index contributed by atoms with van der Waals surface area (Å²) in [7, 11) is 0. The summed E-state index contributed by atoms with van der Waals surface area (Å²) in [4.78, 5) is 26.5. The van der Waals surface area contributed by atoms with E-state index in [1.807, 2.05) is 29.2 Å². The second-order valence-electron chi connectivity index (χ2n) is 6.51. The second kappa shape index (κ2) is 6.15. The molecule has 24 heavy (non-hydrogen) atoms. The molecule has 0 radical (unpaired) electrons. The summed E-state index contributed by atoms with van der Waals surface area (Å²) in [5.41, 5.74) is 2.28. The third-order valence-corrected chi connectivity index (χ3v) is 5.05. The lowest BCUT2D eigenvalue weighted by Gasteiger charge is -2.39. The number of fused-ring (bicyclic) bond motifs is 1. The molecule has 0 unspecified atom stereocenters. The second-order valence-corrected chi connectivity index (χ2v) is 6.51. The zero-order valence-corrected chi connectivity index (χ0v) is 13.5. The average molecular weight is 323 g/mol.